The van der Waals surface area contributed by atoms with Crippen molar-refractivity contribution in [3.8, 4) is 39.5 Å². The molecule has 4 aromatic rings. The molecule has 0 spiro atoms. The lowest BCUT2D eigenvalue weighted by Gasteiger charge is -2.25. The molecule has 2 atom stereocenters. The van der Waals surface area contributed by atoms with Gasteiger partial charge in [0.1, 0.15) is 0 Å². The molecular weight excluding hydrogens is 517 g/mol. The second-order valence-corrected chi connectivity index (χ2v) is 13.5. The van der Waals surface area contributed by atoms with E-state index in [-0.39, 0.29) is 0 Å². The van der Waals surface area contributed by atoms with E-state index in [1.165, 1.54) is 0 Å². The number of H-pyrrole nitrogens is 1. The molecule has 0 bridgehead atoms. The minimum absolute atomic E-state index is 0.307. The molecule has 2 aromatic carbocycles. The SMILES string of the molecule is CC1c2cc(-c3ccc(Cl)cc3)c(-c3ccc(-c4ccn[nH]4)cc3Cl)nc2OC1S(=O)(=O)C(C)(C)C. The summed E-state index contributed by atoms with van der Waals surface area (Å²) in [7, 11) is -3.61. The third-order valence-corrected chi connectivity index (χ3v) is 9.88. The zero-order valence-electron chi connectivity index (χ0n) is 20.2. The smallest absolute Gasteiger partial charge is 0.218 e. The van der Waals surface area contributed by atoms with Gasteiger partial charge in [0, 0.05) is 39.4 Å². The van der Waals surface area contributed by atoms with Crippen LogP contribution in [-0.4, -0.2) is 33.8 Å². The minimum atomic E-state index is -3.61. The van der Waals surface area contributed by atoms with Gasteiger partial charge >= 0.3 is 0 Å². The number of ether oxygens (including phenoxy) is 1. The van der Waals surface area contributed by atoms with Gasteiger partial charge < -0.3 is 4.74 Å². The number of hydrogen-bond donors (Lipinski definition) is 1. The molecule has 2 unspecified atom stereocenters. The van der Waals surface area contributed by atoms with Gasteiger partial charge in [0.05, 0.1) is 21.2 Å². The molecule has 1 aliphatic heterocycles. The van der Waals surface area contributed by atoms with Gasteiger partial charge in [0.25, 0.3) is 0 Å². The quantitative estimate of drug-likeness (QED) is 0.296. The topological polar surface area (TPSA) is 84.9 Å². The molecule has 9 heteroatoms. The summed E-state index contributed by atoms with van der Waals surface area (Å²) >= 11 is 12.9. The summed E-state index contributed by atoms with van der Waals surface area (Å²) in [5.74, 6) is -0.0863. The Labute approximate surface area is 220 Å². The van der Waals surface area contributed by atoms with Crippen LogP contribution in [0.15, 0.2) is 60.8 Å². The highest BCUT2D eigenvalue weighted by Gasteiger charge is 2.47. The molecule has 0 amide bonds. The second-order valence-electron chi connectivity index (χ2n) is 9.88. The van der Waals surface area contributed by atoms with Gasteiger partial charge in [-0.05, 0) is 56.7 Å². The van der Waals surface area contributed by atoms with E-state index < -0.39 is 25.9 Å². The Balaban J connectivity index is 1.68. The summed E-state index contributed by atoms with van der Waals surface area (Å²) in [6, 6.07) is 16.9. The van der Waals surface area contributed by atoms with Crippen molar-refractivity contribution >= 4 is 33.0 Å². The van der Waals surface area contributed by atoms with Crippen molar-refractivity contribution in [1.82, 2.24) is 15.2 Å². The Bertz CT molecular complexity index is 1540. The van der Waals surface area contributed by atoms with Crippen LogP contribution in [0.4, 0.5) is 0 Å². The normalized spacial score (nSPS) is 17.6. The van der Waals surface area contributed by atoms with E-state index in [0.29, 0.717) is 27.2 Å². The third-order valence-electron chi connectivity index (χ3n) is 6.49. The Morgan fingerprint density at radius 2 is 1.64 bits per heavy atom. The zero-order chi connectivity index (χ0) is 25.8. The average Bonchev–Trinajstić information content (AvgIpc) is 3.47. The first-order chi connectivity index (χ1) is 17.0. The molecule has 3 heterocycles. The number of pyridine rings is 1. The fourth-order valence-electron chi connectivity index (χ4n) is 4.32. The van der Waals surface area contributed by atoms with E-state index in [2.05, 4.69) is 10.2 Å². The summed E-state index contributed by atoms with van der Waals surface area (Å²) in [5, 5.41) is 8.05. The van der Waals surface area contributed by atoms with Crippen LogP contribution in [-0.2, 0) is 9.84 Å². The number of nitrogens with zero attached hydrogens (tertiary/aromatic N) is 2. The lowest BCUT2D eigenvalue weighted by molar-refractivity contribution is 0.273. The Morgan fingerprint density at radius 3 is 2.25 bits per heavy atom. The fourth-order valence-corrected chi connectivity index (χ4v) is 6.31. The van der Waals surface area contributed by atoms with Crippen LogP contribution in [0, 0.1) is 0 Å². The van der Waals surface area contributed by atoms with Crippen molar-refractivity contribution in [1.29, 1.82) is 0 Å². The lowest BCUT2D eigenvalue weighted by atomic mass is 9.94. The number of halogens is 2. The highest BCUT2D eigenvalue weighted by Crippen LogP contribution is 2.46. The summed E-state index contributed by atoms with van der Waals surface area (Å²) in [4.78, 5) is 4.85. The van der Waals surface area contributed by atoms with Crippen LogP contribution in [0.1, 0.15) is 39.2 Å². The highest BCUT2D eigenvalue weighted by atomic mass is 35.5. The first-order valence-electron chi connectivity index (χ1n) is 11.5. The predicted molar refractivity (Wildman–Crippen MR) is 144 cm³/mol. The first kappa shape index (κ1) is 24.8. The minimum Gasteiger partial charge on any atom is -0.457 e. The van der Waals surface area contributed by atoms with Crippen molar-refractivity contribution in [2.75, 3.05) is 0 Å². The number of nitrogens with one attached hydrogen (secondary N) is 1. The average molecular weight is 542 g/mol. The van der Waals surface area contributed by atoms with Gasteiger partial charge in [-0.2, -0.15) is 5.10 Å². The second kappa shape index (κ2) is 8.91. The van der Waals surface area contributed by atoms with Crippen molar-refractivity contribution in [2.24, 2.45) is 0 Å². The van der Waals surface area contributed by atoms with Gasteiger partial charge in [-0.25, -0.2) is 13.4 Å². The number of sulfone groups is 1. The number of rotatable bonds is 4. The van der Waals surface area contributed by atoms with Crippen LogP contribution >= 0.6 is 23.2 Å². The molecule has 36 heavy (non-hydrogen) atoms. The van der Waals surface area contributed by atoms with E-state index in [0.717, 1.165) is 27.9 Å². The lowest BCUT2D eigenvalue weighted by Crippen LogP contribution is -2.40. The van der Waals surface area contributed by atoms with Gasteiger partial charge in [-0.1, -0.05) is 54.4 Å². The summed E-state index contributed by atoms with van der Waals surface area (Å²) in [5.41, 5.74) is 4.44. The highest BCUT2D eigenvalue weighted by molar-refractivity contribution is 7.93. The van der Waals surface area contributed by atoms with Crippen LogP contribution < -0.4 is 4.74 Å². The standard InChI is InChI=1S/C27H25Cl2N3O3S/c1-15-20-14-21(16-5-8-18(28)9-6-16)24(31-25(20)35-26(15)36(33,34)27(2,3)4)19-10-7-17(13-22(19)29)23-11-12-30-32-23/h5-15,26H,1-4H3,(H,30,32). The summed E-state index contributed by atoms with van der Waals surface area (Å²) < 4.78 is 31.6. The van der Waals surface area contributed by atoms with Crippen LogP contribution in [0.25, 0.3) is 33.6 Å². The van der Waals surface area contributed by atoms with Crippen molar-refractivity contribution in [3.05, 3.63) is 76.4 Å². The van der Waals surface area contributed by atoms with Crippen LogP contribution in [0.5, 0.6) is 5.88 Å². The molecule has 1 aliphatic rings. The maximum Gasteiger partial charge on any atom is 0.218 e. The Kier molecular flexibility index (Phi) is 6.14. The van der Waals surface area contributed by atoms with Crippen LogP contribution in [0.3, 0.4) is 0 Å². The van der Waals surface area contributed by atoms with Crippen LogP contribution in [0.2, 0.25) is 10.0 Å². The first-order valence-corrected chi connectivity index (χ1v) is 13.8. The fraction of sp³-hybridized carbons (Fsp3) is 0.259. The van der Waals surface area contributed by atoms with E-state index >= 15 is 0 Å². The van der Waals surface area contributed by atoms with Gasteiger partial charge in [-0.15, -0.1) is 0 Å². The largest absolute Gasteiger partial charge is 0.457 e. The Morgan fingerprint density at radius 1 is 0.944 bits per heavy atom. The van der Waals surface area contributed by atoms with Gasteiger partial charge in [0.15, 0.2) is 9.84 Å². The molecule has 0 radical (unpaired) electrons. The monoisotopic (exact) mass is 541 g/mol. The van der Waals surface area contributed by atoms with Crippen molar-refractivity contribution in [2.45, 2.75) is 43.8 Å². The van der Waals surface area contributed by atoms with E-state index in [1.807, 2.05) is 61.5 Å². The van der Waals surface area contributed by atoms with Gasteiger partial charge in [-0.3, -0.25) is 5.10 Å². The summed E-state index contributed by atoms with van der Waals surface area (Å²) in [6.45, 7) is 6.90. The molecule has 2 aromatic heterocycles. The number of fused-ring (bicyclic) bond motifs is 1. The maximum absolute atomic E-state index is 13.3. The molecule has 1 N–H and O–H groups in total. The van der Waals surface area contributed by atoms with Crippen molar-refractivity contribution in [3.63, 3.8) is 0 Å². The molecular formula is C27H25Cl2N3O3S. The van der Waals surface area contributed by atoms with Gasteiger partial charge in [0.2, 0.25) is 11.3 Å². The molecule has 6 nitrogen and oxygen atoms in total. The molecule has 5 rings (SSSR count). The van der Waals surface area contributed by atoms with E-state index in [1.54, 1.807) is 27.0 Å². The number of aromatic amines is 1. The van der Waals surface area contributed by atoms with Crippen molar-refractivity contribution < 1.29 is 13.2 Å². The molecule has 186 valence electrons. The number of hydrogen-bond acceptors (Lipinski definition) is 5. The molecule has 0 saturated heterocycles. The number of benzene rings is 2. The third kappa shape index (κ3) is 4.19. The van der Waals surface area contributed by atoms with E-state index in [4.69, 9.17) is 32.9 Å². The van der Waals surface area contributed by atoms with E-state index in [9.17, 15) is 8.42 Å². The summed E-state index contributed by atoms with van der Waals surface area (Å²) in [6.07, 6.45) is 1.68. The molecule has 0 saturated carbocycles. The number of aromatic nitrogens is 3. The zero-order valence-corrected chi connectivity index (χ0v) is 22.5. The molecule has 0 fully saturated rings. The Hall–Kier alpha value is -2.87. The predicted octanol–water partition coefficient (Wildman–Crippen LogP) is 7.15. The molecule has 0 aliphatic carbocycles. The maximum atomic E-state index is 13.3.